The Morgan fingerprint density at radius 2 is 1.83 bits per heavy atom. The second kappa shape index (κ2) is 4.81. The van der Waals surface area contributed by atoms with Gasteiger partial charge in [0.05, 0.1) is 0 Å². The molecular formula is C18H11BrO4. The highest BCUT2D eigenvalue weighted by Crippen LogP contribution is 2.60. The molecule has 1 atom stereocenters. The van der Waals surface area contributed by atoms with E-state index in [-0.39, 0.29) is 11.5 Å². The Labute approximate surface area is 140 Å². The van der Waals surface area contributed by atoms with Gasteiger partial charge in [0.25, 0.3) is 0 Å². The van der Waals surface area contributed by atoms with Gasteiger partial charge in [0.1, 0.15) is 5.76 Å². The summed E-state index contributed by atoms with van der Waals surface area (Å²) in [5, 5.41) is 20.2. The SMILES string of the molecule is O=C(O)c1ccc(C2(O)c3ccc(-c4ccccc4)c2c3Br)o1. The number of fused-ring (bicyclic) bond motifs is 2. The van der Waals surface area contributed by atoms with E-state index in [1.165, 1.54) is 12.1 Å². The fourth-order valence-electron chi connectivity index (χ4n) is 3.04. The van der Waals surface area contributed by atoms with Crippen LogP contribution in [-0.2, 0) is 5.60 Å². The molecule has 114 valence electrons. The molecule has 5 heteroatoms. The topological polar surface area (TPSA) is 70.7 Å². The molecule has 2 aliphatic rings. The third-order valence-electron chi connectivity index (χ3n) is 4.15. The first kappa shape index (κ1) is 14.2. The Kier molecular flexibility index (Phi) is 2.98. The number of rotatable bonds is 3. The first-order valence-electron chi connectivity index (χ1n) is 6.98. The fourth-order valence-corrected chi connectivity index (χ4v) is 3.96. The van der Waals surface area contributed by atoms with Crippen molar-refractivity contribution < 1.29 is 19.4 Å². The summed E-state index contributed by atoms with van der Waals surface area (Å²) in [6, 6.07) is 12.6. The van der Waals surface area contributed by atoms with Crippen molar-refractivity contribution in [3.63, 3.8) is 0 Å². The summed E-state index contributed by atoms with van der Waals surface area (Å²) in [5.74, 6) is -1.15. The lowest BCUT2D eigenvalue weighted by Gasteiger charge is -2.44. The van der Waals surface area contributed by atoms with Gasteiger partial charge in [-0.1, -0.05) is 42.5 Å². The minimum Gasteiger partial charge on any atom is -0.475 e. The first-order chi connectivity index (χ1) is 11.0. The summed E-state index contributed by atoms with van der Waals surface area (Å²) in [6.45, 7) is 0. The van der Waals surface area contributed by atoms with E-state index < -0.39 is 11.6 Å². The minimum absolute atomic E-state index is 0.194. The Bertz CT molecular complexity index is 918. The summed E-state index contributed by atoms with van der Waals surface area (Å²) in [7, 11) is 0. The quantitative estimate of drug-likeness (QED) is 0.860. The van der Waals surface area contributed by atoms with E-state index in [2.05, 4.69) is 15.9 Å². The molecule has 1 unspecified atom stereocenters. The first-order valence-corrected chi connectivity index (χ1v) is 7.77. The van der Waals surface area contributed by atoms with Gasteiger partial charge in [0.2, 0.25) is 5.76 Å². The van der Waals surface area contributed by atoms with E-state index in [1.54, 1.807) is 0 Å². The van der Waals surface area contributed by atoms with Crippen molar-refractivity contribution in [2.75, 3.05) is 0 Å². The lowest BCUT2D eigenvalue weighted by molar-refractivity contribution is 0.0616. The number of carboxylic acid groups (broad SMARTS) is 1. The maximum atomic E-state index is 11.2. The minimum atomic E-state index is -1.42. The summed E-state index contributed by atoms with van der Waals surface area (Å²) in [6.07, 6.45) is 3.77. The van der Waals surface area contributed by atoms with Gasteiger partial charge in [-0.15, -0.1) is 0 Å². The van der Waals surface area contributed by atoms with Gasteiger partial charge in [-0.25, -0.2) is 4.79 Å². The number of hydrogen-bond acceptors (Lipinski definition) is 3. The van der Waals surface area contributed by atoms with E-state index in [0.717, 1.165) is 15.6 Å². The molecular weight excluding hydrogens is 360 g/mol. The molecule has 2 N–H and O–H groups in total. The predicted octanol–water partition coefficient (Wildman–Crippen LogP) is 3.85. The van der Waals surface area contributed by atoms with Crippen molar-refractivity contribution in [3.8, 4) is 0 Å². The summed E-state index contributed by atoms with van der Waals surface area (Å²) >= 11 is 3.50. The molecule has 0 saturated heterocycles. The number of benzene rings is 1. The van der Waals surface area contributed by atoms with Crippen LogP contribution in [0, 0.1) is 0 Å². The van der Waals surface area contributed by atoms with Crippen molar-refractivity contribution in [1.82, 2.24) is 0 Å². The third kappa shape index (κ3) is 1.84. The lowest BCUT2D eigenvalue weighted by atomic mass is 9.66. The van der Waals surface area contributed by atoms with Crippen LogP contribution in [0.4, 0.5) is 0 Å². The average molecular weight is 371 g/mol. The number of hydrogen-bond donors (Lipinski definition) is 2. The Balaban J connectivity index is 1.83. The van der Waals surface area contributed by atoms with Gasteiger partial charge < -0.3 is 14.6 Å². The second-order valence-electron chi connectivity index (χ2n) is 5.40. The van der Waals surface area contributed by atoms with Crippen molar-refractivity contribution in [3.05, 3.63) is 87.3 Å². The standard InChI is InChI=1S/C18H11BrO4/c19-16-12-7-6-11(10-4-2-1-3-5-10)15(16)18(12,22)14-9-8-13(23-14)17(20)21/h1-9,22H,(H,20,21). The van der Waals surface area contributed by atoms with E-state index in [0.29, 0.717) is 11.1 Å². The van der Waals surface area contributed by atoms with E-state index in [9.17, 15) is 9.90 Å². The highest BCUT2D eigenvalue weighted by molar-refractivity contribution is 9.12. The lowest BCUT2D eigenvalue weighted by Crippen LogP contribution is -2.41. The summed E-state index contributed by atoms with van der Waals surface area (Å²) in [5.41, 5.74) is 1.78. The molecule has 0 fully saturated rings. The Morgan fingerprint density at radius 3 is 2.43 bits per heavy atom. The molecule has 0 saturated carbocycles. The molecule has 0 aliphatic heterocycles. The second-order valence-corrected chi connectivity index (χ2v) is 6.19. The largest absolute Gasteiger partial charge is 0.475 e. The van der Waals surface area contributed by atoms with Crippen LogP contribution < -0.4 is 0 Å². The molecule has 0 amide bonds. The molecule has 2 bridgehead atoms. The van der Waals surface area contributed by atoms with Crippen LogP contribution in [0.1, 0.15) is 21.9 Å². The van der Waals surface area contributed by atoms with Gasteiger partial charge in [0, 0.05) is 15.6 Å². The third-order valence-corrected chi connectivity index (χ3v) is 4.98. The van der Waals surface area contributed by atoms with Crippen LogP contribution in [0.5, 0.6) is 0 Å². The van der Waals surface area contributed by atoms with Crippen molar-refractivity contribution >= 4 is 27.5 Å². The number of allylic oxidation sites excluding steroid dienone is 2. The van der Waals surface area contributed by atoms with Crippen molar-refractivity contribution in [2.24, 2.45) is 0 Å². The highest BCUT2D eigenvalue weighted by Gasteiger charge is 2.54. The Hall–Kier alpha value is -2.37. The molecule has 1 aromatic heterocycles. The molecule has 2 aromatic rings. The number of carboxylic acids is 1. The van der Waals surface area contributed by atoms with Gasteiger partial charge in [-0.2, -0.15) is 0 Å². The van der Waals surface area contributed by atoms with E-state index >= 15 is 0 Å². The van der Waals surface area contributed by atoms with Crippen LogP contribution in [0.2, 0.25) is 0 Å². The van der Waals surface area contributed by atoms with E-state index in [4.69, 9.17) is 9.52 Å². The predicted molar refractivity (Wildman–Crippen MR) is 88.0 cm³/mol. The van der Waals surface area contributed by atoms with Crippen LogP contribution in [0.25, 0.3) is 5.57 Å². The summed E-state index contributed by atoms with van der Waals surface area (Å²) < 4.78 is 6.16. The molecule has 2 aliphatic carbocycles. The molecule has 0 spiro atoms. The fraction of sp³-hybridized carbons (Fsp3) is 0.0556. The Morgan fingerprint density at radius 1 is 1.09 bits per heavy atom. The van der Waals surface area contributed by atoms with Crippen LogP contribution in [-0.4, -0.2) is 16.2 Å². The molecule has 4 nitrogen and oxygen atoms in total. The molecule has 0 radical (unpaired) electrons. The van der Waals surface area contributed by atoms with Crippen LogP contribution in [0.3, 0.4) is 0 Å². The zero-order valence-corrected chi connectivity index (χ0v) is 13.4. The van der Waals surface area contributed by atoms with Gasteiger partial charge in [-0.3, -0.25) is 0 Å². The molecule has 23 heavy (non-hydrogen) atoms. The maximum absolute atomic E-state index is 11.2. The van der Waals surface area contributed by atoms with Crippen molar-refractivity contribution in [2.45, 2.75) is 5.60 Å². The van der Waals surface area contributed by atoms with Gasteiger partial charge in [0.15, 0.2) is 5.60 Å². The number of halogens is 1. The van der Waals surface area contributed by atoms with Crippen molar-refractivity contribution in [1.29, 1.82) is 0 Å². The zero-order valence-electron chi connectivity index (χ0n) is 11.8. The monoisotopic (exact) mass is 370 g/mol. The maximum Gasteiger partial charge on any atom is 0.371 e. The molecule has 1 aromatic carbocycles. The molecule has 4 rings (SSSR count). The average Bonchev–Trinajstić information content (AvgIpc) is 3.06. The number of furan rings is 1. The van der Waals surface area contributed by atoms with Crippen LogP contribution >= 0.6 is 15.9 Å². The summed E-state index contributed by atoms with van der Waals surface area (Å²) in [4.78, 5) is 11.0. The van der Waals surface area contributed by atoms with E-state index in [1.807, 2.05) is 42.5 Å². The smallest absolute Gasteiger partial charge is 0.371 e. The number of aromatic carboxylic acids is 1. The van der Waals surface area contributed by atoms with Gasteiger partial charge >= 0.3 is 5.97 Å². The number of carbonyl (C=O) groups is 1. The number of aliphatic hydroxyl groups is 1. The zero-order chi connectivity index (χ0) is 16.2. The highest BCUT2D eigenvalue weighted by atomic mass is 79.9. The molecule has 1 heterocycles. The van der Waals surface area contributed by atoms with Gasteiger partial charge in [-0.05, 0) is 39.2 Å². The van der Waals surface area contributed by atoms with Crippen LogP contribution in [0.15, 0.2) is 74.7 Å². The normalized spacial score (nSPS) is 22.3.